The van der Waals surface area contributed by atoms with Gasteiger partial charge in [0, 0.05) is 6.54 Å². The topological polar surface area (TPSA) is 74.6 Å². The molecule has 1 aliphatic carbocycles. The van der Waals surface area contributed by atoms with Crippen molar-refractivity contribution in [2.24, 2.45) is 0 Å². The van der Waals surface area contributed by atoms with Crippen molar-refractivity contribution in [1.29, 1.82) is 5.26 Å². The number of methoxy groups -OCH3 is 2. The van der Waals surface area contributed by atoms with E-state index in [1.54, 1.807) is 14.2 Å². The number of aryl methyl sites for hydroxylation is 1. The van der Waals surface area contributed by atoms with Crippen molar-refractivity contribution < 1.29 is 14.3 Å². The van der Waals surface area contributed by atoms with Gasteiger partial charge in [0.25, 0.3) is 0 Å². The number of nitrogens with one attached hydrogen (secondary N) is 1. The van der Waals surface area contributed by atoms with Crippen LogP contribution in [0.5, 0.6) is 11.5 Å². The fourth-order valence-electron chi connectivity index (χ4n) is 3.33. The molecule has 0 bridgehead atoms. The molecule has 0 unspecified atom stereocenters. The van der Waals surface area contributed by atoms with Gasteiger partial charge in [-0.25, -0.2) is 0 Å². The summed E-state index contributed by atoms with van der Waals surface area (Å²) in [7, 11) is 5.11. The van der Waals surface area contributed by atoms with Crippen LogP contribution in [0, 0.1) is 18.3 Å². The summed E-state index contributed by atoms with van der Waals surface area (Å²) in [6.07, 6.45) is 3.48. The molecule has 1 aromatic carbocycles. The minimum Gasteiger partial charge on any atom is -0.493 e. The second-order valence-corrected chi connectivity index (χ2v) is 6.76. The predicted octanol–water partition coefficient (Wildman–Crippen LogP) is 2.40. The maximum atomic E-state index is 12.3. The van der Waals surface area contributed by atoms with E-state index in [-0.39, 0.29) is 12.5 Å². The molecule has 2 rings (SSSR count). The Labute approximate surface area is 149 Å². The number of ether oxygens (including phenoxy) is 2. The second-order valence-electron chi connectivity index (χ2n) is 6.76. The lowest BCUT2D eigenvalue weighted by Crippen LogP contribution is -2.48. The smallest absolute Gasteiger partial charge is 0.235 e. The van der Waals surface area contributed by atoms with Crippen molar-refractivity contribution in [2.45, 2.75) is 44.7 Å². The van der Waals surface area contributed by atoms with Gasteiger partial charge < -0.3 is 14.8 Å². The third-order valence-electron chi connectivity index (χ3n) is 4.75. The number of nitrogens with zero attached hydrogens (tertiary/aromatic N) is 2. The Bertz CT molecular complexity index is 661. The van der Waals surface area contributed by atoms with E-state index in [1.165, 1.54) is 0 Å². The van der Waals surface area contributed by atoms with Gasteiger partial charge in [0.1, 0.15) is 5.54 Å². The number of hydrogen-bond acceptors (Lipinski definition) is 5. The minimum absolute atomic E-state index is 0.107. The Kier molecular flexibility index (Phi) is 6.27. The van der Waals surface area contributed by atoms with Crippen molar-refractivity contribution in [2.75, 3.05) is 27.8 Å². The summed E-state index contributed by atoms with van der Waals surface area (Å²) < 4.78 is 10.7. The third-order valence-corrected chi connectivity index (χ3v) is 4.75. The van der Waals surface area contributed by atoms with Gasteiger partial charge in [-0.15, -0.1) is 0 Å². The maximum Gasteiger partial charge on any atom is 0.235 e. The fraction of sp³-hybridized carbons (Fsp3) is 0.579. The number of nitriles is 1. The van der Waals surface area contributed by atoms with Crippen LogP contribution in [-0.2, 0) is 11.3 Å². The van der Waals surface area contributed by atoms with E-state index in [1.807, 2.05) is 31.0 Å². The van der Waals surface area contributed by atoms with Gasteiger partial charge in [-0.3, -0.25) is 9.69 Å². The molecule has 0 heterocycles. The summed E-state index contributed by atoms with van der Waals surface area (Å²) in [5, 5.41) is 12.3. The van der Waals surface area contributed by atoms with Crippen LogP contribution in [0.3, 0.4) is 0 Å². The highest BCUT2D eigenvalue weighted by Crippen LogP contribution is 2.31. The Morgan fingerprint density at radius 2 is 1.88 bits per heavy atom. The molecular formula is C19H27N3O3. The summed E-state index contributed by atoms with van der Waals surface area (Å²) >= 11 is 0. The third kappa shape index (κ3) is 4.64. The van der Waals surface area contributed by atoms with E-state index >= 15 is 0 Å². The molecule has 6 nitrogen and oxygen atoms in total. The average molecular weight is 345 g/mol. The van der Waals surface area contributed by atoms with Crippen molar-refractivity contribution in [3.8, 4) is 17.6 Å². The van der Waals surface area contributed by atoms with Crippen LogP contribution < -0.4 is 14.8 Å². The number of rotatable bonds is 7. The van der Waals surface area contributed by atoms with Gasteiger partial charge in [-0.05, 0) is 62.9 Å². The molecule has 1 N–H and O–H groups in total. The molecule has 0 spiro atoms. The van der Waals surface area contributed by atoms with E-state index in [2.05, 4.69) is 11.4 Å². The lowest BCUT2D eigenvalue weighted by Gasteiger charge is -2.24. The largest absolute Gasteiger partial charge is 0.493 e. The van der Waals surface area contributed by atoms with Gasteiger partial charge in [-0.1, -0.05) is 0 Å². The van der Waals surface area contributed by atoms with E-state index in [0.717, 1.165) is 36.8 Å². The van der Waals surface area contributed by atoms with Crippen molar-refractivity contribution >= 4 is 5.91 Å². The zero-order chi connectivity index (χ0) is 18.4. The normalized spacial score (nSPS) is 15.7. The van der Waals surface area contributed by atoms with Crippen molar-refractivity contribution in [1.82, 2.24) is 10.2 Å². The number of benzene rings is 1. The van der Waals surface area contributed by atoms with Crippen LogP contribution in [0.2, 0.25) is 0 Å². The molecule has 0 saturated heterocycles. The van der Waals surface area contributed by atoms with E-state index in [0.29, 0.717) is 18.0 Å². The molecule has 1 aromatic rings. The number of likely N-dealkylation sites (N-methyl/N-ethyl adjacent to an activating group) is 1. The second kappa shape index (κ2) is 8.21. The van der Waals surface area contributed by atoms with Crippen molar-refractivity contribution in [3.63, 3.8) is 0 Å². The first kappa shape index (κ1) is 19.1. The summed E-state index contributed by atoms with van der Waals surface area (Å²) in [5.41, 5.74) is 1.48. The molecule has 0 aromatic heterocycles. The van der Waals surface area contributed by atoms with Crippen LogP contribution >= 0.6 is 0 Å². The highest BCUT2D eigenvalue weighted by molar-refractivity contribution is 5.79. The Balaban J connectivity index is 1.99. The summed E-state index contributed by atoms with van der Waals surface area (Å²) in [4.78, 5) is 14.3. The van der Waals surface area contributed by atoms with Crippen LogP contribution in [0.25, 0.3) is 0 Å². The fourth-order valence-corrected chi connectivity index (χ4v) is 3.33. The molecule has 1 saturated carbocycles. The minimum atomic E-state index is -0.669. The summed E-state index contributed by atoms with van der Waals surface area (Å²) in [6.45, 7) is 2.87. The van der Waals surface area contributed by atoms with Gasteiger partial charge in [0.05, 0.1) is 26.8 Å². The molecule has 1 fully saturated rings. The van der Waals surface area contributed by atoms with Crippen molar-refractivity contribution in [3.05, 3.63) is 23.3 Å². The van der Waals surface area contributed by atoms with Crippen LogP contribution in [-0.4, -0.2) is 44.2 Å². The number of amides is 1. The summed E-state index contributed by atoms with van der Waals surface area (Å²) in [6, 6.07) is 6.16. The standard InChI is InChI=1S/C19H27N3O3/c1-14-9-16(24-3)17(25-4)10-15(14)11-22(2)12-18(23)21-19(13-20)7-5-6-8-19/h9-10H,5-8,11-12H2,1-4H3,(H,21,23). The SMILES string of the molecule is COc1cc(C)c(CN(C)CC(=O)NC2(C#N)CCCC2)cc1OC. The summed E-state index contributed by atoms with van der Waals surface area (Å²) in [5.74, 6) is 1.26. The first-order valence-corrected chi connectivity index (χ1v) is 8.55. The number of carbonyl (C=O) groups is 1. The Hall–Kier alpha value is -2.26. The molecular weight excluding hydrogens is 318 g/mol. The van der Waals surface area contributed by atoms with E-state index in [4.69, 9.17) is 9.47 Å². The van der Waals surface area contributed by atoms with Gasteiger partial charge in [0.2, 0.25) is 5.91 Å². The first-order chi connectivity index (χ1) is 11.9. The zero-order valence-corrected chi connectivity index (χ0v) is 15.5. The zero-order valence-electron chi connectivity index (χ0n) is 15.5. The van der Waals surface area contributed by atoms with Gasteiger partial charge >= 0.3 is 0 Å². The molecule has 25 heavy (non-hydrogen) atoms. The highest BCUT2D eigenvalue weighted by Gasteiger charge is 2.35. The molecule has 6 heteroatoms. The molecule has 0 radical (unpaired) electrons. The molecule has 0 atom stereocenters. The number of carbonyl (C=O) groups excluding carboxylic acids is 1. The van der Waals surface area contributed by atoms with Crippen LogP contribution in [0.15, 0.2) is 12.1 Å². The average Bonchev–Trinajstić information content (AvgIpc) is 3.04. The molecule has 1 aliphatic rings. The Morgan fingerprint density at radius 3 is 2.44 bits per heavy atom. The van der Waals surface area contributed by atoms with Crippen LogP contribution in [0.1, 0.15) is 36.8 Å². The molecule has 1 amide bonds. The van der Waals surface area contributed by atoms with E-state index in [9.17, 15) is 10.1 Å². The highest BCUT2D eigenvalue weighted by atomic mass is 16.5. The van der Waals surface area contributed by atoms with Gasteiger partial charge in [0.15, 0.2) is 11.5 Å². The first-order valence-electron chi connectivity index (χ1n) is 8.55. The predicted molar refractivity (Wildman–Crippen MR) is 95.6 cm³/mol. The maximum absolute atomic E-state index is 12.3. The molecule has 0 aliphatic heterocycles. The lowest BCUT2D eigenvalue weighted by molar-refractivity contribution is -0.123. The van der Waals surface area contributed by atoms with E-state index < -0.39 is 5.54 Å². The Morgan fingerprint density at radius 1 is 1.28 bits per heavy atom. The molecule has 136 valence electrons. The lowest BCUT2D eigenvalue weighted by atomic mass is 10.00. The monoisotopic (exact) mass is 345 g/mol. The van der Waals surface area contributed by atoms with Crippen LogP contribution in [0.4, 0.5) is 0 Å². The van der Waals surface area contributed by atoms with Gasteiger partial charge in [-0.2, -0.15) is 5.26 Å². The quantitative estimate of drug-likeness (QED) is 0.821. The number of hydrogen-bond donors (Lipinski definition) is 1.